The number of fused-ring (bicyclic) bond motifs is 1. The van der Waals surface area contributed by atoms with Gasteiger partial charge in [0.15, 0.2) is 0 Å². The smallest absolute Gasteiger partial charge is 0.404 e. The topological polar surface area (TPSA) is 129 Å². The van der Waals surface area contributed by atoms with Crippen molar-refractivity contribution >= 4 is 30.4 Å². The number of phosphoric ester groups is 1. The lowest BCUT2D eigenvalue weighted by Crippen LogP contribution is -2.33. The molecule has 1 aromatic heterocycles. The van der Waals surface area contributed by atoms with Gasteiger partial charge in [0.2, 0.25) is 0 Å². The van der Waals surface area contributed by atoms with E-state index in [4.69, 9.17) is 18.3 Å². The van der Waals surface area contributed by atoms with Gasteiger partial charge in [0.25, 0.3) is 5.56 Å². The second-order valence-corrected chi connectivity index (χ2v) is 9.05. The van der Waals surface area contributed by atoms with E-state index in [0.717, 1.165) is 5.56 Å². The van der Waals surface area contributed by atoms with Gasteiger partial charge in [0, 0.05) is 18.2 Å². The van der Waals surface area contributed by atoms with Gasteiger partial charge in [-0.05, 0) is 28.7 Å². The first-order valence-corrected chi connectivity index (χ1v) is 10.9. The van der Waals surface area contributed by atoms with E-state index < -0.39 is 37.5 Å². The van der Waals surface area contributed by atoms with Crippen LogP contribution in [0, 0.1) is 3.57 Å². The van der Waals surface area contributed by atoms with Gasteiger partial charge in [0.1, 0.15) is 18.1 Å². The number of nitrogens with one attached hydrogen (secondary N) is 1. The molecule has 1 fully saturated rings. The molecule has 0 amide bonds. The second-order valence-electron chi connectivity index (χ2n) is 6.29. The number of aliphatic hydroxyl groups is 1. The van der Waals surface area contributed by atoms with E-state index in [1.165, 1.54) is 10.8 Å². The third kappa shape index (κ3) is 3.95. The highest BCUT2D eigenvalue weighted by Gasteiger charge is 2.40. The van der Waals surface area contributed by atoms with Crippen LogP contribution in [-0.2, 0) is 25.0 Å². The molecule has 0 bridgehead atoms. The Morgan fingerprint density at radius 2 is 2.14 bits per heavy atom. The number of aliphatic hydroxyl groups excluding tert-OH is 1. The third-order valence-electron chi connectivity index (χ3n) is 4.40. The minimum Gasteiger partial charge on any atom is -0.404 e. The van der Waals surface area contributed by atoms with Crippen LogP contribution in [0.3, 0.4) is 0 Å². The van der Waals surface area contributed by atoms with Crippen LogP contribution in [0.2, 0.25) is 0 Å². The van der Waals surface area contributed by atoms with Crippen LogP contribution in [0.15, 0.2) is 40.1 Å². The van der Waals surface area contributed by atoms with Crippen LogP contribution in [0.4, 0.5) is 0 Å². The summed E-state index contributed by atoms with van der Waals surface area (Å²) in [5.74, 6) is 0.414. The van der Waals surface area contributed by atoms with Gasteiger partial charge in [-0.1, -0.05) is 18.2 Å². The molecular weight excluding hydrogens is 504 g/mol. The Morgan fingerprint density at radius 1 is 1.36 bits per heavy atom. The molecule has 2 aliphatic heterocycles. The van der Waals surface area contributed by atoms with Crippen molar-refractivity contribution in [3.05, 3.63) is 60.4 Å². The van der Waals surface area contributed by atoms with E-state index in [9.17, 15) is 19.3 Å². The van der Waals surface area contributed by atoms with Crippen molar-refractivity contribution in [2.75, 3.05) is 6.61 Å². The van der Waals surface area contributed by atoms with Crippen molar-refractivity contribution in [2.24, 2.45) is 0 Å². The predicted molar refractivity (Wildman–Crippen MR) is 104 cm³/mol. The first-order chi connectivity index (χ1) is 13.3. The molecule has 1 aromatic carbocycles. The molecule has 1 saturated heterocycles. The molecule has 4 rings (SSSR count). The summed E-state index contributed by atoms with van der Waals surface area (Å²) in [6, 6.07) is 7.00. The first-order valence-electron chi connectivity index (χ1n) is 8.36. The molecule has 2 aromatic rings. The van der Waals surface area contributed by atoms with Gasteiger partial charge < -0.3 is 14.4 Å². The Labute approximate surface area is 172 Å². The fourth-order valence-electron chi connectivity index (χ4n) is 2.95. The summed E-state index contributed by atoms with van der Waals surface area (Å²) < 4.78 is 35.7. The monoisotopic (exact) mass is 520 g/mol. The van der Waals surface area contributed by atoms with E-state index in [-0.39, 0.29) is 19.6 Å². The molecule has 0 radical (unpaired) electrons. The third-order valence-corrected chi connectivity index (χ3v) is 6.50. The first kappa shape index (κ1) is 19.8. The fraction of sp³-hybridized carbons (Fsp3) is 0.375. The summed E-state index contributed by atoms with van der Waals surface area (Å²) in [4.78, 5) is 25.7. The lowest BCUT2D eigenvalue weighted by molar-refractivity contribution is -0.0469. The van der Waals surface area contributed by atoms with Crippen LogP contribution in [0.25, 0.3) is 0 Å². The van der Waals surface area contributed by atoms with Gasteiger partial charge in [-0.15, -0.1) is 0 Å². The summed E-state index contributed by atoms with van der Waals surface area (Å²) in [5, 5.41) is 10.2. The maximum absolute atomic E-state index is 12.6. The lowest BCUT2D eigenvalue weighted by atomic mass is 10.2. The van der Waals surface area contributed by atoms with Crippen molar-refractivity contribution in [3.63, 3.8) is 0 Å². The Balaban J connectivity index is 1.43. The number of halogens is 1. The number of hydrogen-bond donors (Lipinski definition) is 2. The van der Waals surface area contributed by atoms with E-state index in [1.54, 1.807) is 40.8 Å². The molecule has 12 heteroatoms. The number of rotatable bonds is 4. The second kappa shape index (κ2) is 7.73. The van der Waals surface area contributed by atoms with Gasteiger partial charge in [-0.3, -0.25) is 23.4 Å². The van der Waals surface area contributed by atoms with Crippen molar-refractivity contribution in [2.45, 2.75) is 31.5 Å². The van der Waals surface area contributed by atoms with Crippen LogP contribution in [-0.4, -0.2) is 33.5 Å². The summed E-state index contributed by atoms with van der Waals surface area (Å²) in [5.41, 5.74) is -0.389. The standard InChI is InChI=1S/C16H16IN2O8P/c17-10-6-19(16(22)18-15(10)21)14-5-11(20)13(26-14)8-25-28(23)24-7-9-3-1-2-4-12(9)27-28/h1-4,6,11,13-14,20H,5,7-8H2,(H,18,21,22)/t11-,13+,14+,28+/m0/s1/i17-2. The maximum Gasteiger partial charge on any atom is 0.530 e. The molecule has 2 N–H and O–H groups in total. The van der Waals surface area contributed by atoms with E-state index in [2.05, 4.69) is 4.98 Å². The van der Waals surface area contributed by atoms with Crippen LogP contribution in [0.1, 0.15) is 18.2 Å². The van der Waals surface area contributed by atoms with Crippen LogP contribution < -0.4 is 15.8 Å². The molecule has 28 heavy (non-hydrogen) atoms. The fourth-order valence-corrected chi connectivity index (χ4v) is 4.61. The molecule has 2 aliphatic rings. The van der Waals surface area contributed by atoms with Crippen molar-refractivity contribution < 1.29 is 28.0 Å². The number of H-pyrrole nitrogens is 1. The van der Waals surface area contributed by atoms with Gasteiger partial charge >= 0.3 is 13.5 Å². The summed E-state index contributed by atoms with van der Waals surface area (Å²) in [6.45, 7) is -0.179. The number of ether oxygens (including phenoxy) is 1. The zero-order valence-electron chi connectivity index (χ0n) is 14.3. The average molecular weight is 520 g/mol. The molecule has 0 spiro atoms. The summed E-state index contributed by atoms with van der Waals surface area (Å²) >= 11 is 1.80. The zero-order valence-corrected chi connectivity index (χ0v) is 17.4. The molecule has 4 atom stereocenters. The maximum atomic E-state index is 12.6. The number of para-hydroxylation sites is 1. The van der Waals surface area contributed by atoms with E-state index in [1.807, 2.05) is 6.07 Å². The molecule has 0 saturated carbocycles. The van der Waals surface area contributed by atoms with Crippen molar-refractivity contribution in [1.29, 1.82) is 0 Å². The SMILES string of the molecule is O=c1[nH]c(=O)n([C@H]2C[C@H](O)[C@@H](CO[P@@]3(=O)OCc4ccccc4O3)O2)cc1[125I]. The van der Waals surface area contributed by atoms with Crippen LogP contribution >= 0.6 is 30.4 Å². The largest absolute Gasteiger partial charge is 0.530 e. The Hall–Kier alpha value is -1.50. The molecule has 150 valence electrons. The highest BCUT2D eigenvalue weighted by molar-refractivity contribution is 14.1. The summed E-state index contributed by atoms with van der Waals surface area (Å²) in [6.07, 6.45) is -1.15. The molecular formula is C16H16IN2O8P. The molecule has 0 unspecified atom stereocenters. The number of aromatic nitrogens is 2. The zero-order chi connectivity index (χ0) is 19.9. The van der Waals surface area contributed by atoms with Crippen LogP contribution in [0.5, 0.6) is 5.75 Å². The number of hydrogen-bond acceptors (Lipinski definition) is 8. The Morgan fingerprint density at radius 3 is 2.96 bits per heavy atom. The van der Waals surface area contributed by atoms with Gasteiger partial charge in [-0.25, -0.2) is 9.36 Å². The minimum atomic E-state index is -3.85. The van der Waals surface area contributed by atoms with Crippen molar-refractivity contribution in [3.8, 4) is 5.75 Å². The minimum absolute atomic E-state index is 0.0787. The Kier molecular flexibility index (Phi) is 5.47. The normalized spacial score (nSPS) is 29.3. The number of benzene rings is 1. The predicted octanol–water partition coefficient (Wildman–Crippen LogP) is 1.52. The quantitative estimate of drug-likeness (QED) is 0.459. The molecule has 0 aliphatic carbocycles. The van der Waals surface area contributed by atoms with E-state index >= 15 is 0 Å². The number of aromatic amines is 1. The summed E-state index contributed by atoms with van der Waals surface area (Å²) in [7, 11) is -3.85. The average Bonchev–Trinajstić information content (AvgIpc) is 3.03. The number of nitrogens with zero attached hydrogens (tertiary/aromatic N) is 1. The van der Waals surface area contributed by atoms with Gasteiger partial charge in [0.05, 0.1) is 22.9 Å². The molecule has 3 heterocycles. The lowest BCUT2D eigenvalue weighted by Gasteiger charge is -2.26. The van der Waals surface area contributed by atoms with E-state index in [0.29, 0.717) is 9.32 Å². The highest BCUT2D eigenvalue weighted by atomic mass is 125. The molecule has 10 nitrogen and oxygen atoms in total. The Bertz CT molecular complexity index is 1050. The van der Waals surface area contributed by atoms with Gasteiger partial charge in [-0.2, -0.15) is 0 Å². The highest BCUT2D eigenvalue weighted by Crippen LogP contribution is 2.54. The van der Waals surface area contributed by atoms with Crippen molar-refractivity contribution in [1.82, 2.24) is 9.55 Å². The number of phosphoric acid groups is 1.